The van der Waals surface area contributed by atoms with Gasteiger partial charge in [0.05, 0.1) is 17.4 Å². The zero-order valence-corrected chi connectivity index (χ0v) is 17.3. The number of ether oxygens (including phenoxy) is 3. The van der Waals surface area contributed by atoms with Gasteiger partial charge in [-0.3, -0.25) is 0 Å². The Balaban J connectivity index is 1.63. The lowest BCUT2D eigenvalue weighted by molar-refractivity contribution is -0.291. The second kappa shape index (κ2) is 7.29. The summed E-state index contributed by atoms with van der Waals surface area (Å²) in [4.78, 5) is 12.8. The summed E-state index contributed by atoms with van der Waals surface area (Å²) in [6.07, 6.45) is 0.263. The molecular weight excluding hydrogens is 397 g/mol. The second-order valence-corrected chi connectivity index (χ2v) is 9.53. The van der Waals surface area contributed by atoms with Crippen LogP contribution >= 0.6 is 0 Å². The summed E-state index contributed by atoms with van der Waals surface area (Å²) in [5, 5.41) is 0. The minimum Gasteiger partial charge on any atom is -0.495 e. The third-order valence-corrected chi connectivity index (χ3v) is 6.32. The van der Waals surface area contributed by atoms with Gasteiger partial charge in [0.25, 0.3) is 0 Å². The lowest BCUT2D eigenvalue weighted by Gasteiger charge is -2.64. The first-order valence-corrected chi connectivity index (χ1v) is 10.3. The van der Waals surface area contributed by atoms with E-state index in [1.165, 1.54) is 0 Å². The molecule has 0 aromatic heterocycles. The Bertz CT molecular complexity index is 833. The average molecular weight is 424 g/mol. The van der Waals surface area contributed by atoms with Gasteiger partial charge in [0, 0.05) is 19.3 Å². The van der Waals surface area contributed by atoms with Gasteiger partial charge < -0.3 is 14.2 Å². The lowest BCUT2D eigenvalue weighted by Crippen LogP contribution is -2.68. The van der Waals surface area contributed by atoms with Crippen molar-refractivity contribution in [3.8, 4) is 0 Å². The number of benzene rings is 1. The van der Waals surface area contributed by atoms with Crippen LogP contribution in [0.5, 0.6) is 0 Å². The van der Waals surface area contributed by atoms with Crippen LogP contribution in [0.3, 0.4) is 0 Å². The summed E-state index contributed by atoms with van der Waals surface area (Å²) in [6, 6.07) is 8.67. The van der Waals surface area contributed by atoms with Crippen LogP contribution < -0.4 is 0 Å². The van der Waals surface area contributed by atoms with E-state index in [1.54, 1.807) is 30.5 Å². The summed E-state index contributed by atoms with van der Waals surface area (Å²) < 4.78 is 56.6. The average Bonchev–Trinajstić information content (AvgIpc) is 2.64. The Labute approximate surface area is 174 Å². The van der Waals surface area contributed by atoms with E-state index in [-0.39, 0.29) is 12.3 Å². The molecule has 4 saturated carbocycles. The highest BCUT2D eigenvalue weighted by molar-refractivity contribution is 5.89. The standard InChI is InChI=1S/C23H27F3O4/c1-16(2)11-28-20-8-17-9-21(12-20,29-15-23(24,25)26)14-22(10-17,13-20)30-19(27)18-6-4-3-5-7-18/h3-7,11,17H,8-10,12-15H2,1-2H3. The summed E-state index contributed by atoms with van der Waals surface area (Å²) in [5.41, 5.74) is -1.17. The number of esters is 1. The summed E-state index contributed by atoms with van der Waals surface area (Å²) in [7, 11) is 0. The van der Waals surface area contributed by atoms with Crippen LogP contribution in [0.4, 0.5) is 13.2 Å². The molecule has 4 atom stereocenters. The third kappa shape index (κ3) is 4.36. The molecule has 0 radical (unpaired) electrons. The van der Waals surface area contributed by atoms with Gasteiger partial charge in [0.15, 0.2) is 0 Å². The molecule has 0 spiro atoms. The smallest absolute Gasteiger partial charge is 0.411 e. The van der Waals surface area contributed by atoms with Crippen molar-refractivity contribution in [3.63, 3.8) is 0 Å². The van der Waals surface area contributed by atoms with Crippen molar-refractivity contribution >= 4 is 5.97 Å². The molecule has 0 heterocycles. The number of halogens is 3. The Morgan fingerprint density at radius 2 is 1.63 bits per heavy atom. The van der Waals surface area contributed by atoms with Crippen molar-refractivity contribution in [1.82, 2.24) is 0 Å². The van der Waals surface area contributed by atoms with Crippen LogP contribution in [0.1, 0.15) is 62.7 Å². The van der Waals surface area contributed by atoms with E-state index in [9.17, 15) is 18.0 Å². The van der Waals surface area contributed by atoms with E-state index in [0.29, 0.717) is 31.2 Å². The zero-order chi connectivity index (χ0) is 21.6. The molecule has 1 aromatic carbocycles. The van der Waals surface area contributed by atoms with Gasteiger partial charge in [-0.15, -0.1) is 0 Å². The van der Waals surface area contributed by atoms with Gasteiger partial charge >= 0.3 is 12.1 Å². The van der Waals surface area contributed by atoms with E-state index >= 15 is 0 Å². The number of allylic oxidation sites excluding steroid dienone is 1. The molecule has 7 heteroatoms. The molecule has 4 fully saturated rings. The van der Waals surface area contributed by atoms with E-state index in [2.05, 4.69) is 0 Å². The van der Waals surface area contributed by atoms with E-state index < -0.39 is 35.6 Å². The highest BCUT2D eigenvalue weighted by Gasteiger charge is 2.67. The van der Waals surface area contributed by atoms with Crippen LogP contribution in [-0.4, -0.2) is 35.6 Å². The summed E-state index contributed by atoms with van der Waals surface area (Å²) in [5.74, 6) is -0.371. The van der Waals surface area contributed by atoms with Crippen molar-refractivity contribution in [2.24, 2.45) is 5.92 Å². The van der Waals surface area contributed by atoms with Crippen LogP contribution in [0, 0.1) is 5.92 Å². The maximum absolute atomic E-state index is 13.0. The molecular formula is C23H27F3O4. The first kappa shape index (κ1) is 21.2. The molecule has 0 amide bonds. The molecule has 4 nitrogen and oxygen atoms in total. The van der Waals surface area contributed by atoms with Crippen molar-refractivity contribution < 1.29 is 32.2 Å². The number of hydrogen-bond acceptors (Lipinski definition) is 4. The molecule has 4 aliphatic carbocycles. The third-order valence-electron chi connectivity index (χ3n) is 6.32. The largest absolute Gasteiger partial charge is 0.495 e. The monoisotopic (exact) mass is 424 g/mol. The molecule has 0 N–H and O–H groups in total. The van der Waals surface area contributed by atoms with Gasteiger partial charge in [-0.1, -0.05) is 18.2 Å². The van der Waals surface area contributed by atoms with Gasteiger partial charge in [0.2, 0.25) is 0 Å². The van der Waals surface area contributed by atoms with Crippen molar-refractivity contribution in [3.05, 3.63) is 47.7 Å². The van der Waals surface area contributed by atoms with Gasteiger partial charge in [-0.25, -0.2) is 4.79 Å². The number of carbonyl (C=O) groups excluding carboxylic acids is 1. The van der Waals surface area contributed by atoms with Gasteiger partial charge in [0.1, 0.15) is 17.8 Å². The maximum Gasteiger partial charge on any atom is 0.411 e. The number of carbonyl (C=O) groups is 1. The minimum absolute atomic E-state index is 0.0867. The first-order valence-electron chi connectivity index (χ1n) is 10.3. The van der Waals surface area contributed by atoms with Crippen LogP contribution in [0.2, 0.25) is 0 Å². The zero-order valence-electron chi connectivity index (χ0n) is 17.3. The van der Waals surface area contributed by atoms with Crippen LogP contribution in [0.15, 0.2) is 42.2 Å². The summed E-state index contributed by atoms with van der Waals surface area (Å²) >= 11 is 0. The molecule has 4 unspecified atom stereocenters. The second-order valence-electron chi connectivity index (χ2n) is 9.53. The SMILES string of the molecule is CC(C)=COC12CC3CC(OCC(F)(F)F)(C1)CC(OC(=O)c1ccccc1)(C3)C2. The Morgan fingerprint density at radius 1 is 1.03 bits per heavy atom. The van der Waals surface area contributed by atoms with Gasteiger partial charge in [-0.2, -0.15) is 13.2 Å². The lowest BCUT2D eigenvalue weighted by atomic mass is 9.50. The number of rotatable bonds is 6. The molecule has 0 aliphatic heterocycles. The van der Waals surface area contributed by atoms with Crippen molar-refractivity contribution in [1.29, 1.82) is 0 Å². The molecule has 0 saturated heterocycles. The fourth-order valence-electron chi connectivity index (χ4n) is 5.89. The molecule has 5 rings (SSSR count). The fourth-order valence-corrected chi connectivity index (χ4v) is 5.89. The fraction of sp³-hybridized carbons (Fsp3) is 0.609. The summed E-state index contributed by atoms with van der Waals surface area (Å²) in [6.45, 7) is 2.50. The normalized spacial score (nSPS) is 34.5. The van der Waals surface area contributed by atoms with Crippen LogP contribution in [0.25, 0.3) is 0 Å². The number of alkyl halides is 3. The topological polar surface area (TPSA) is 44.8 Å². The molecule has 164 valence electrons. The highest BCUT2D eigenvalue weighted by Crippen LogP contribution is 2.63. The predicted molar refractivity (Wildman–Crippen MR) is 104 cm³/mol. The van der Waals surface area contributed by atoms with E-state index in [1.807, 2.05) is 19.9 Å². The first-order chi connectivity index (χ1) is 14.0. The minimum atomic E-state index is -4.41. The maximum atomic E-state index is 13.0. The Hall–Kier alpha value is -2.02. The van der Waals surface area contributed by atoms with E-state index in [0.717, 1.165) is 12.0 Å². The predicted octanol–water partition coefficient (Wildman–Crippen LogP) is 5.58. The van der Waals surface area contributed by atoms with Crippen LogP contribution in [-0.2, 0) is 14.2 Å². The molecule has 30 heavy (non-hydrogen) atoms. The molecule has 1 aromatic rings. The molecule has 4 bridgehead atoms. The Morgan fingerprint density at radius 3 is 2.30 bits per heavy atom. The highest BCUT2D eigenvalue weighted by atomic mass is 19.4. The Kier molecular flexibility index (Phi) is 5.16. The van der Waals surface area contributed by atoms with Crippen molar-refractivity contribution in [2.75, 3.05) is 6.61 Å². The quantitative estimate of drug-likeness (QED) is 0.442. The van der Waals surface area contributed by atoms with Crippen molar-refractivity contribution in [2.45, 2.75) is 75.4 Å². The van der Waals surface area contributed by atoms with Gasteiger partial charge in [-0.05, 0) is 56.7 Å². The molecule has 4 aliphatic rings. The number of hydrogen-bond donors (Lipinski definition) is 0. The van der Waals surface area contributed by atoms with E-state index in [4.69, 9.17) is 14.2 Å².